The van der Waals surface area contributed by atoms with Crippen molar-refractivity contribution in [3.8, 4) is 0 Å². The lowest BCUT2D eigenvalue weighted by Crippen LogP contribution is -2.33. The van der Waals surface area contributed by atoms with Gasteiger partial charge in [0.25, 0.3) is 0 Å². The molecule has 9 heteroatoms. The molecule has 8 nitrogen and oxygen atoms in total. The van der Waals surface area contributed by atoms with Crippen LogP contribution in [0.1, 0.15) is 11.7 Å². The van der Waals surface area contributed by atoms with Crippen LogP contribution in [0.5, 0.6) is 0 Å². The number of methoxy groups -OCH3 is 1. The Bertz CT molecular complexity index is 692. The van der Waals surface area contributed by atoms with Gasteiger partial charge in [-0.25, -0.2) is 20.8 Å². The normalized spacial score (nSPS) is 17.4. The Morgan fingerprint density at radius 1 is 1.23 bits per heavy atom. The largest absolute Gasteiger partial charge is 0.364 e. The number of anilines is 2. The number of hydrazine groups is 3. The summed E-state index contributed by atoms with van der Waals surface area (Å²) in [6.07, 6.45) is 3.40. The van der Waals surface area contributed by atoms with Crippen molar-refractivity contribution in [1.29, 1.82) is 0 Å². The number of hydrogen-bond donors (Lipinski definition) is 4. The highest BCUT2D eigenvalue weighted by atomic mass is 32.2. The van der Waals surface area contributed by atoms with E-state index >= 15 is 0 Å². The monoisotopic (exact) mass is 317 g/mol. The summed E-state index contributed by atoms with van der Waals surface area (Å²) in [7, 11) is 1.68. The Morgan fingerprint density at radius 2 is 2.05 bits per heavy atom. The Kier molecular flexibility index (Phi) is 3.66. The standard InChI is InChI=1S/C13H15N7OS/c1-21-7-20-9-6-8(11-16-18-19-17-11)2-3-10(9)22-13-12(20)14-4-5-15-13/h2-6,11,16-19H,7H2,1H3. The number of hydrogen-bond acceptors (Lipinski definition) is 9. The fourth-order valence-corrected chi connectivity index (χ4v) is 3.47. The van der Waals surface area contributed by atoms with E-state index in [1.807, 2.05) is 4.90 Å². The van der Waals surface area contributed by atoms with E-state index in [4.69, 9.17) is 4.74 Å². The molecule has 0 bridgehead atoms. The van der Waals surface area contributed by atoms with Gasteiger partial charge in [-0.1, -0.05) is 17.8 Å². The van der Waals surface area contributed by atoms with Gasteiger partial charge in [0.15, 0.2) is 5.82 Å². The Hall–Kier alpha value is -1.75. The van der Waals surface area contributed by atoms with Crippen LogP contribution < -0.4 is 26.8 Å². The quantitative estimate of drug-likeness (QED) is 0.656. The van der Waals surface area contributed by atoms with Crippen molar-refractivity contribution >= 4 is 23.3 Å². The minimum absolute atomic E-state index is 0.0112. The molecule has 0 spiro atoms. The van der Waals surface area contributed by atoms with Crippen molar-refractivity contribution in [3.05, 3.63) is 36.2 Å². The van der Waals surface area contributed by atoms with Crippen LogP contribution in [0.2, 0.25) is 0 Å². The summed E-state index contributed by atoms with van der Waals surface area (Å²) in [5.41, 5.74) is 14.0. The second-order valence-electron chi connectivity index (χ2n) is 4.83. The van der Waals surface area contributed by atoms with Crippen LogP contribution in [0.3, 0.4) is 0 Å². The first kappa shape index (κ1) is 13.9. The van der Waals surface area contributed by atoms with E-state index in [0.717, 1.165) is 27.0 Å². The predicted molar refractivity (Wildman–Crippen MR) is 81.9 cm³/mol. The van der Waals surface area contributed by atoms with Gasteiger partial charge >= 0.3 is 0 Å². The van der Waals surface area contributed by atoms with Gasteiger partial charge in [-0.3, -0.25) is 4.90 Å². The van der Waals surface area contributed by atoms with Crippen LogP contribution in [0.25, 0.3) is 0 Å². The highest BCUT2D eigenvalue weighted by Gasteiger charge is 2.27. The van der Waals surface area contributed by atoms with Gasteiger partial charge in [-0.05, 0) is 17.7 Å². The van der Waals surface area contributed by atoms with Crippen LogP contribution in [-0.4, -0.2) is 23.8 Å². The zero-order valence-electron chi connectivity index (χ0n) is 11.8. The molecule has 1 saturated heterocycles. The zero-order valence-corrected chi connectivity index (χ0v) is 12.6. The van der Waals surface area contributed by atoms with Crippen LogP contribution >= 0.6 is 11.8 Å². The molecule has 4 N–H and O–H groups in total. The molecular weight excluding hydrogens is 302 g/mol. The molecule has 1 aromatic heterocycles. The SMILES string of the molecule is COCN1c2cc(C3NNNN3)ccc2Sc2nccnc21. The molecule has 2 aromatic rings. The molecule has 0 radical (unpaired) electrons. The number of ether oxygens (including phenoxy) is 1. The van der Waals surface area contributed by atoms with Crippen molar-refractivity contribution in [2.75, 3.05) is 18.7 Å². The Balaban J connectivity index is 1.77. The number of nitrogens with zero attached hydrogens (tertiary/aromatic N) is 3. The molecular formula is C13H15N7OS. The third-order valence-corrected chi connectivity index (χ3v) is 4.52. The lowest BCUT2D eigenvalue weighted by atomic mass is 10.1. The van der Waals surface area contributed by atoms with Crippen LogP contribution in [-0.2, 0) is 4.74 Å². The summed E-state index contributed by atoms with van der Waals surface area (Å²) in [6, 6.07) is 6.30. The van der Waals surface area contributed by atoms with Gasteiger partial charge in [-0.15, -0.1) is 0 Å². The summed E-state index contributed by atoms with van der Waals surface area (Å²) < 4.78 is 5.35. The first-order valence-corrected chi connectivity index (χ1v) is 7.59. The number of nitrogens with one attached hydrogen (secondary N) is 4. The van der Waals surface area contributed by atoms with Gasteiger partial charge in [0.05, 0.1) is 5.69 Å². The van der Waals surface area contributed by atoms with E-state index < -0.39 is 0 Å². The fraction of sp³-hybridized carbons (Fsp3) is 0.231. The van der Waals surface area contributed by atoms with E-state index in [0.29, 0.717) is 6.73 Å². The lowest BCUT2D eigenvalue weighted by molar-refractivity contribution is 0.204. The summed E-state index contributed by atoms with van der Waals surface area (Å²) in [5, 5.41) is 0.889. The maximum atomic E-state index is 5.35. The summed E-state index contributed by atoms with van der Waals surface area (Å²) in [5.74, 6) is 0.822. The Morgan fingerprint density at radius 3 is 2.86 bits per heavy atom. The highest BCUT2D eigenvalue weighted by Crippen LogP contribution is 2.46. The predicted octanol–water partition coefficient (Wildman–Crippen LogP) is 0.799. The molecule has 1 aromatic carbocycles. The fourth-order valence-electron chi connectivity index (χ4n) is 2.48. The smallest absolute Gasteiger partial charge is 0.168 e. The van der Waals surface area contributed by atoms with E-state index in [9.17, 15) is 0 Å². The summed E-state index contributed by atoms with van der Waals surface area (Å²) in [4.78, 5) is 12.0. The molecule has 0 saturated carbocycles. The van der Waals surface area contributed by atoms with Gasteiger partial charge < -0.3 is 4.74 Å². The number of benzene rings is 1. The first-order chi connectivity index (χ1) is 10.9. The van der Waals surface area contributed by atoms with Gasteiger partial charge in [0.2, 0.25) is 0 Å². The average Bonchev–Trinajstić information content (AvgIpc) is 3.09. The van der Waals surface area contributed by atoms with Crippen LogP contribution in [0, 0.1) is 0 Å². The van der Waals surface area contributed by atoms with Crippen molar-refractivity contribution < 1.29 is 4.74 Å². The van der Waals surface area contributed by atoms with E-state index in [1.54, 1.807) is 31.3 Å². The zero-order chi connectivity index (χ0) is 14.9. The molecule has 0 amide bonds. The second kappa shape index (κ2) is 5.80. The molecule has 0 aliphatic carbocycles. The lowest BCUT2D eigenvalue weighted by Gasteiger charge is -2.30. The number of aromatic nitrogens is 2. The minimum atomic E-state index is -0.0112. The molecule has 0 unspecified atom stereocenters. The van der Waals surface area contributed by atoms with Crippen LogP contribution in [0.15, 0.2) is 40.5 Å². The van der Waals surface area contributed by atoms with Crippen LogP contribution in [0.4, 0.5) is 11.5 Å². The first-order valence-electron chi connectivity index (χ1n) is 6.77. The average molecular weight is 317 g/mol. The van der Waals surface area contributed by atoms with Crippen molar-refractivity contribution in [1.82, 2.24) is 31.9 Å². The third-order valence-electron chi connectivity index (χ3n) is 3.47. The molecule has 1 fully saturated rings. The molecule has 4 rings (SSSR count). The Labute approximate surface area is 131 Å². The van der Waals surface area contributed by atoms with Crippen molar-refractivity contribution in [2.24, 2.45) is 0 Å². The van der Waals surface area contributed by atoms with Gasteiger partial charge in [0.1, 0.15) is 17.9 Å². The van der Waals surface area contributed by atoms with Crippen molar-refractivity contribution in [2.45, 2.75) is 16.1 Å². The van der Waals surface area contributed by atoms with E-state index in [-0.39, 0.29) is 6.17 Å². The molecule has 2 aliphatic heterocycles. The molecule has 22 heavy (non-hydrogen) atoms. The molecule has 3 heterocycles. The minimum Gasteiger partial charge on any atom is -0.364 e. The number of rotatable bonds is 3. The topological polar surface area (TPSA) is 86.4 Å². The molecule has 0 atom stereocenters. The maximum absolute atomic E-state index is 5.35. The van der Waals surface area contributed by atoms with Gasteiger partial charge in [-0.2, -0.15) is 11.1 Å². The summed E-state index contributed by atoms with van der Waals surface area (Å²) in [6.45, 7) is 0.421. The maximum Gasteiger partial charge on any atom is 0.168 e. The van der Waals surface area contributed by atoms with E-state index in [1.165, 1.54) is 0 Å². The second-order valence-corrected chi connectivity index (χ2v) is 5.86. The molecule has 2 aliphatic rings. The van der Waals surface area contributed by atoms with Crippen molar-refractivity contribution in [3.63, 3.8) is 0 Å². The van der Waals surface area contributed by atoms with E-state index in [2.05, 4.69) is 50.1 Å². The summed E-state index contributed by atoms with van der Waals surface area (Å²) >= 11 is 1.62. The third kappa shape index (κ3) is 2.33. The molecule has 114 valence electrons. The van der Waals surface area contributed by atoms with Gasteiger partial charge in [0, 0.05) is 24.4 Å². The highest BCUT2D eigenvalue weighted by molar-refractivity contribution is 7.99. The number of fused-ring (bicyclic) bond motifs is 2.